The molecular weight excluding hydrogens is 416 g/mol. The Labute approximate surface area is 186 Å². The molecule has 0 spiro atoms. The van der Waals surface area contributed by atoms with E-state index in [4.69, 9.17) is 15.6 Å². The van der Waals surface area contributed by atoms with Crippen LogP contribution in [-0.4, -0.2) is 69.4 Å². The molecule has 174 valence electrons. The number of likely N-dealkylation sites (N-methyl/N-ethyl adjacent to an activating group) is 2. The van der Waals surface area contributed by atoms with Gasteiger partial charge < -0.3 is 30.7 Å². The van der Waals surface area contributed by atoms with Crippen LogP contribution in [0.2, 0.25) is 0 Å². The van der Waals surface area contributed by atoms with Crippen molar-refractivity contribution in [3.8, 4) is 0 Å². The predicted octanol–water partition coefficient (Wildman–Crippen LogP) is 1.53. The van der Waals surface area contributed by atoms with Crippen LogP contribution in [-0.2, 0) is 11.3 Å². The van der Waals surface area contributed by atoms with Crippen LogP contribution in [0.4, 0.5) is 22.5 Å². The van der Waals surface area contributed by atoms with E-state index in [2.05, 4.69) is 25.3 Å². The average molecular weight is 447 g/mol. The Morgan fingerprint density at radius 3 is 2.28 bits per heavy atom. The third-order valence-corrected chi connectivity index (χ3v) is 4.27. The van der Waals surface area contributed by atoms with Crippen molar-refractivity contribution in [2.45, 2.75) is 39.8 Å². The molecule has 0 aliphatic rings. The van der Waals surface area contributed by atoms with Gasteiger partial charge >= 0.3 is 12.1 Å². The van der Waals surface area contributed by atoms with Crippen molar-refractivity contribution < 1.29 is 19.4 Å². The highest BCUT2D eigenvalue weighted by Crippen LogP contribution is 2.14. The summed E-state index contributed by atoms with van der Waals surface area (Å²) in [6.07, 6.45) is 3.99. The number of carbonyl (C=O) groups excluding carboxylic acids is 1. The predicted molar refractivity (Wildman–Crippen MR) is 120 cm³/mol. The lowest BCUT2D eigenvalue weighted by Gasteiger charge is -2.25. The first-order chi connectivity index (χ1) is 15.0. The van der Waals surface area contributed by atoms with Crippen molar-refractivity contribution >= 4 is 29.8 Å². The van der Waals surface area contributed by atoms with Gasteiger partial charge in [0.1, 0.15) is 17.0 Å². The molecule has 0 aliphatic heterocycles. The van der Waals surface area contributed by atoms with E-state index in [9.17, 15) is 9.59 Å². The van der Waals surface area contributed by atoms with E-state index in [-0.39, 0.29) is 17.9 Å². The first kappa shape index (κ1) is 24.6. The maximum absolute atomic E-state index is 11.7. The quantitative estimate of drug-likeness (QED) is 0.512. The van der Waals surface area contributed by atoms with E-state index in [0.29, 0.717) is 31.5 Å². The molecule has 0 fully saturated rings. The van der Waals surface area contributed by atoms with E-state index < -0.39 is 17.7 Å². The molecule has 12 heteroatoms. The van der Waals surface area contributed by atoms with Gasteiger partial charge in [0, 0.05) is 57.4 Å². The fourth-order valence-electron chi connectivity index (χ4n) is 2.60. The number of alkyl carbamates (subject to hydrolysis) is 1. The number of nitrogens with zero attached hydrogens (tertiary/aromatic N) is 6. The molecule has 2 rings (SSSR count). The molecule has 0 bridgehead atoms. The molecule has 2 heterocycles. The summed E-state index contributed by atoms with van der Waals surface area (Å²) in [5, 5.41) is 11.7. The minimum atomic E-state index is -1.17. The molecule has 0 saturated heterocycles. The van der Waals surface area contributed by atoms with E-state index >= 15 is 0 Å². The lowest BCUT2D eigenvalue weighted by Crippen LogP contribution is -2.35. The molecule has 2 aromatic rings. The van der Waals surface area contributed by atoms with Crippen LogP contribution in [0.25, 0.3) is 0 Å². The van der Waals surface area contributed by atoms with Crippen LogP contribution in [0.1, 0.15) is 43.6 Å². The number of carboxylic acids is 1. The third-order valence-electron chi connectivity index (χ3n) is 4.27. The molecule has 0 saturated carbocycles. The molecule has 0 radical (unpaired) electrons. The van der Waals surface area contributed by atoms with Gasteiger partial charge in [-0.2, -0.15) is 4.98 Å². The second-order valence-corrected chi connectivity index (χ2v) is 8.02. The molecular formula is C20H30N8O4. The number of hydrogen-bond donors (Lipinski definition) is 3. The normalized spacial score (nSPS) is 11.0. The number of anilines is 3. The van der Waals surface area contributed by atoms with Gasteiger partial charge in [0.15, 0.2) is 0 Å². The van der Waals surface area contributed by atoms with Crippen molar-refractivity contribution in [3.63, 3.8) is 0 Å². The molecule has 1 amide bonds. The highest BCUT2D eigenvalue weighted by molar-refractivity contribution is 5.92. The standard InChI is InChI=1S/C20H30N8O4/c1-6-28(18-24-12-14(16(29)30)15(21)26-18)8-7-27(5)17-22-9-13(10-23-17)11-25-19(31)32-20(2,3)4/h9-10,12H,6-8,11H2,1-5H3,(H,25,31)(H,29,30)(H2,21,24,26). The van der Waals surface area contributed by atoms with Gasteiger partial charge in [-0.15, -0.1) is 0 Å². The first-order valence-electron chi connectivity index (χ1n) is 10.1. The van der Waals surface area contributed by atoms with Crippen LogP contribution in [0, 0.1) is 0 Å². The van der Waals surface area contributed by atoms with Gasteiger partial charge in [-0.1, -0.05) is 0 Å². The molecule has 0 aromatic carbocycles. The number of nitrogens with two attached hydrogens (primary N) is 1. The molecule has 4 N–H and O–H groups in total. The number of hydrogen-bond acceptors (Lipinski definition) is 10. The number of aromatic nitrogens is 4. The minimum Gasteiger partial charge on any atom is -0.477 e. The highest BCUT2D eigenvalue weighted by Gasteiger charge is 2.17. The zero-order valence-electron chi connectivity index (χ0n) is 19.0. The number of aromatic carboxylic acids is 1. The number of nitrogens with one attached hydrogen (secondary N) is 1. The summed E-state index contributed by atoms with van der Waals surface area (Å²) in [4.78, 5) is 43.4. The van der Waals surface area contributed by atoms with Gasteiger partial charge in [-0.3, -0.25) is 0 Å². The first-order valence-corrected chi connectivity index (χ1v) is 10.1. The molecule has 0 atom stereocenters. The Morgan fingerprint density at radius 1 is 1.12 bits per heavy atom. The average Bonchev–Trinajstić information content (AvgIpc) is 2.71. The van der Waals surface area contributed by atoms with Crippen molar-refractivity contribution in [2.24, 2.45) is 0 Å². The fourth-order valence-corrected chi connectivity index (χ4v) is 2.60. The Kier molecular flexibility index (Phi) is 8.10. The second kappa shape index (κ2) is 10.6. The summed E-state index contributed by atoms with van der Waals surface area (Å²) in [5.41, 5.74) is 5.78. The Hall–Kier alpha value is -3.70. The lowest BCUT2D eigenvalue weighted by molar-refractivity contribution is 0.0523. The molecule has 0 aliphatic carbocycles. The van der Waals surface area contributed by atoms with Gasteiger partial charge in [-0.25, -0.2) is 24.5 Å². The Morgan fingerprint density at radius 2 is 1.75 bits per heavy atom. The summed E-state index contributed by atoms with van der Waals surface area (Å²) >= 11 is 0. The van der Waals surface area contributed by atoms with Crippen LogP contribution >= 0.6 is 0 Å². The van der Waals surface area contributed by atoms with Crippen molar-refractivity contribution in [1.82, 2.24) is 25.3 Å². The highest BCUT2D eigenvalue weighted by atomic mass is 16.6. The van der Waals surface area contributed by atoms with Crippen LogP contribution in [0.5, 0.6) is 0 Å². The number of nitrogen functional groups attached to an aromatic ring is 1. The maximum atomic E-state index is 11.7. The van der Waals surface area contributed by atoms with Crippen molar-refractivity contribution in [3.05, 3.63) is 29.7 Å². The van der Waals surface area contributed by atoms with Gasteiger partial charge in [0.05, 0.1) is 0 Å². The number of carboxylic acid groups (broad SMARTS) is 1. The largest absolute Gasteiger partial charge is 0.477 e. The van der Waals surface area contributed by atoms with Crippen molar-refractivity contribution in [1.29, 1.82) is 0 Å². The molecule has 2 aromatic heterocycles. The summed E-state index contributed by atoms with van der Waals surface area (Å²) < 4.78 is 5.20. The number of ether oxygens (including phenoxy) is 1. The van der Waals surface area contributed by atoms with E-state index in [1.54, 1.807) is 33.2 Å². The summed E-state index contributed by atoms with van der Waals surface area (Å²) in [6.45, 7) is 9.30. The van der Waals surface area contributed by atoms with Gasteiger partial charge in [0.25, 0.3) is 0 Å². The van der Waals surface area contributed by atoms with E-state index in [0.717, 1.165) is 5.56 Å². The number of amides is 1. The lowest BCUT2D eigenvalue weighted by atomic mass is 10.2. The third kappa shape index (κ3) is 7.22. The zero-order valence-corrected chi connectivity index (χ0v) is 19.0. The fraction of sp³-hybridized carbons (Fsp3) is 0.500. The van der Waals surface area contributed by atoms with Crippen LogP contribution < -0.4 is 20.9 Å². The maximum Gasteiger partial charge on any atom is 0.407 e. The van der Waals surface area contributed by atoms with E-state index in [1.807, 2.05) is 23.8 Å². The number of rotatable bonds is 9. The summed E-state index contributed by atoms with van der Waals surface area (Å²) in [5.74, 6) is -0.372. The van der Waals surface area contributed by atoms with Gasteiger partial charge in [0.2, 0.25) is 11.9 Å². The summed E-state index contributed by atoms with van der Waals surface area (Å²) in [7, 11) is 1.85. The molecule has 0 unspecified atom stereocenters. The molecule has 32 heavy (non-hydrogen) atoms. The smallest absolute Gasteiger partial charge is 0.407 e. The second-order valence-electron chi connectivity index (χ2n) is 8.02. The Balaban J connectivity index is 1.91. The SMILES string of the molecule is CCN(CCN(C)c1ncc(CNC(=O)OC(C)(C)C)cn1)c1ncc(C(=O)O)c(N)n1. The summed E-state index contributed by atoms with van der Waals surface area (Å²) in [6, 6.07) is 0. The van der Waals surface area contributed by atoms with Crippen molar-refractivity contribution in [2.75, 3.05) is 42.2 Å². The monoisotopic (exact) mass is 446 g/mol. The number of carbonyl (C=O) groups is 2. The van der Waals surface area contributed by atoms with Crippen LogP contribution in [0.15, 0.2) is 18.6 Å². The molecule has 12 nitrogen and oxygen atoms in total. The van der Waals surface area contributed by atoms with E-state index in [1.165, 1.54) is 6.20 Å². The topological polar surface area (TPSA) is 160 Å². The van der Waals surface area contributed by atoms with Gasteiger partial charge in [-0.05, 0) is 27.7 Å². The van der Waals surface area contributed by atoms with Crippen LogP contribution in [0.3, 0.4) is 0 Å². The zero-order chi connectivity index (χ0) is 23.9. The minimum absolute atomic E-state index is 0.0757. The Bertz CT molecular complexity index is 930.